The van der Waals surface area contributed by atoms with Crippen molar-refractivity contribution in [3.05, 3.63) is 41.5 Å². The van der Waals surface area contributed by atoms with E-state index in [0.717, 1.165) is 17.0 Å². The van der Waals surface area contributed by atoms with Gasteiger partial charge in [-0.1, -0.05) is 39.0 Å². The molecule has 1 aromatic rings. The summed E-state index contributed by atoms with van der Waals surface area (Å²) in [5, 5.41) is 0. The first-order valence-electron chi connectivity index (χ1n) is 6.38. The molecule has 0 spiro atoms. The van der Waals surface area contributed by atoms with E-state index in [1.54, 1.807) is 0 Å². The highest BCUT2D eigenvalue weighted by Gasteiger charge is 2.28. The van der Waals surface area contributed by atoms with Crippen LogP contribution in [0.1, 0.15) is 45.7 Å². The fourth-order valence-electron chi connectivity index (χ4n) is 2.36. The molecule has 2 nitrogen and oxygen atoms in total. The van der Waals surface area contributed by atoms with Gasteiger partial charge in [0.15, 0.2) is 0 Å². The highest BCUT2D eigenvalue weighted by Crippen LogP contribution is 2.36. The van der Waals surface area contributed by atoms with Gasteiger partial charge in [-0.15, -0.1) is 0 Å². The Bertz CT molecular complexity index is 533. The molecule has 0 saturated carbocycles. The lowest BCUT2D eigenvalue weighted by Crippen LogP contribution is -2.18. The summed E-state index contributed by atoms with van der Waals surface area (Å²) in [4.78, 5) is 4.67. The lowest BCUT2D eigenvalue weighted by Gasteiger charge is -2.25. The van der Waals surface area contributed by atoms with E-state index < -0.39 is 0 Å². The van der Waals surface area contributed by atoms with E-state index in [9.17, 15) is 0 Å². The highest BCUT2D eigenvalue weighted by molar-refractivity contribution is 5.95. The average Bonchev–Trinajstić information content (AvgIpc) is 2.58. The van der Waals surface area contributed by atoms with E-state index >= 15 is 0 Å². The Morgan fingerprint density at radius 3 is 2.33 bits per heavy atom. The topological polar surface area (TPSA) is 38.4 Å². The van der Waals surface area contributed by atoms with Crippen LogP contribution in [0.3, 0.4) is 0 Å². The van der Waals surface area contributed by atoms with Gasteiger partial charge in [-0.25, -0.2) is 0 Å². The molecule has 1 atom stereocenters. The zero-order valence-corrected chi connectivity index (χ0v) is 11.9. The van der Waals surface area contributed by atoms with E-state index in [1.165, 1.54) is 5.56 Å². The van der Waals surface area contributed by atoms with Crippen LogP contribution < -0.4 is 5.73 Å². The molecule has 1 unspecified atom stereocenters. The number of benzene rings is 1. The van der Waals surface area contributed by atoms with Crippen molar-refractivity contribution in [2.45, 2.75) is 45.6 Å². The third kappa shape index (κ3) is 2.20. The summed E-state index contributed by atoms with van der Waals surface area (Å²) in [7, 11) is 0. The summed E-state index contributed by atoms with van der Waals surface area (Å²) in [5.74, 6) is 0. The second-order valence-corrected chi connectivity index (χ2v) is 6.29. The van der Waals surface area contributed by atoms with Gasteiger partial charge in [0.25, 0.3) is 0 Å². The number of nitrogens with zero attached hydrogens (tertiary/aromatic N) is 1. The molecule has 1 aliphatic rings. The summed E-state index contributed by atoms with van der Waals surface area (Å²) < 4.78 is 0. The van der Waals surface area contributed by atoms with Gasteiger partial charge < -0.3 is 5.73 Å². The molecule has 0 radical (unpaired) electrons. The first-order valence-corrected chi connectivity index (χ1v) is 6.38. The average molecular weight is 242 g/mol. The van der Waals surface area contributed by atoms with Gasteiger partial charge >= 0.3 is 0 Å². The van der Waals surface area contributed by atoms with Crippen molar-refractivity contribution >= 4 is 11.4 Å². The molecule has 2 N–H and O–H groups in total. The molecule has 0 bridgehead atoms. The maximum absolute atomic E-state index is 6.23. The molecule has 2 heteroatoms. The van der Waals surface area contributed by atoms with Crippen molar-refractivity contribution in [3.63, 3.8) is 0 Å². The van der Waals surface area contributed by atoms with Crippen LogP contribution in [0.2, 0.25) is 0 Å². The van der Waals surface area contributed by atoms with Gasteiger partial charge in [0.1, 0.15) is 5.54 Å². The minimum absolute atomic E-state index is 0.123. The fraction of sp³-hybridized carbons (Fsp3) is 0.438. The van der Waals surface area contributed by atoms with Crippen LogP contribution in [-0.2, 0) is 11.0 Å². The van der Waals surface area contributed by atoms with E-state index in [1.807, 2.05) is 6.92 Å². The molecule has 0 amide bonds. The van der Waals surface area contributed by atoms with Gasteiger partial charge in [-0.2, -0.15) is 0 Å². The van der Waals surface area contributed by atoms with Crippen molar-refractivity contribution in [2.24, 2.45) is 4.99 Å². The third-order valence-corrected chi connectivity index (χ3v) is 3.52. The number of nitrogen functional groups attached to an aromatic ring is 1. The second kappa shape index (κ2) is 3.98. The molecule has 1 aromatic carbocycles. The van der Waals surface area contributed by atoms with E-state index in [-0.39, 0.29) is 11.0 Å². The van der Waals surface area contributed by atoms with E-state index in [2.05, 4.69) is 63.0 Å². The molecule has 1 aliphatic heterocycles. The van der Waals surface area contributed by atoms with Crippen LogP contribution in [0.25, 0.3) is 0 Å². The maximum Gasteiger partial charge on any atom is 0.104 e. The largest absolute Gasteiger partial charge is 0.398 e. The molecule has 1 heterocycles. The highest BCUT2D eigenvalue weighted by atomic mass is 14.9. The van der Waals surface area contributed by atoms with Crippen LogP contribution >= 0.6 is 0 Å². The Balaban J connectivity index is 2.47. The Hall–Kier alpha value is -1.57. The third-order valence-electron chi connectivity index (χ3n) is 3.52. The van der Waals surface area contributed by atoms with Crippen LogP contribution in [0.4, 0.5) is 5.69 Å². The van der Waals surface area contributed by atoms with E-state index in [4.69, 9.17) is 5.73 Å². The first kappa shape index (κ1) is 12.9. The molecule has 0 fully saturated rings. The quantitative estimate of drug-likeness (QED) is 0.747. The Morgan fingerprint density at radius 2 is 1.89 bits per heavy atom. The number of hydrogen-bond acceptors (Lipinski definition) is 2. The van der Waals surface area contributed by atoms with Gasteiger partial charge in [0, 0.05) is 17.0 Å². The Morgan fingerprint density at radius 1 is 1.22 bits per heavy atom. The second-order valence-electron chi connectivity index (χ2n) is 6.29. The normalized spacial score (nSPS) is 23.3. The molecule has 0 aromatic heterocycles. The summed E-state index contributed by atoms with van der Waals surface area (Å²) in [6.07, 6.45) is 4.17. The van der Waals surface area contributed by atoms with Crippen LogP contribution in [0, 0.1) is 0 Å². The minimum atomic E-state index is -0.301. The molecule has 2 rings (SSSR count). The number of aliphatic imine (C=N–C) groups is 1. The van der Waals surface area contributed by atoms with Gasteiger partial charge in [-0.3, -0.25) is 4.99 Å². The molecular formula is C16H22N2. The van der Waals surface area contributed by atoms with Crippen LogP contribution in [-0.4, -0.2) is 5.71 Å². The number of rotatable bonds is 1. The molecule has 18 heavy (non-hydrogen) atoms. The Kier molecular flexibility index (Phi) is 2.84. The monoisotopic (exact) mass is 242 g/mol. The number of allylic oxidation sites excluding steroid dienone is 1. The van der Waals surface area contributed by atoms with Crippen LogP contribution in [0.15, 0.2) is 35.3 Å². The van der Waals surface area contributed by atoms with Crippen molar-refractivity contribution in [1.29, 1.82) is 0 Å². The number of anilines is 1. The minimum Gasteiger partial charge on any atom is -0.398 e. The van der Waals surface area contributed by atoms with Crippen molar-refractivity contribution < 1.29 is 0 Å². The zero-order valence-electron chi connectivity index (χ0n) is 11.9. The number of hydrogen-bond donors (Lipinski definition) is 1. The standard InChI is InChI=1S/C16H22N2/c1-11-8-9-16(5,18-11)13-7-6-12(10-14(13)17)15(2,3)4/h6-10H,17H2,1-5H3. The first-order chi connectivity index (χ1) is 8.22. The lowest BCUT2D eigenvalue weighted by molar-refractivity contribution is 0.588. The fourth-order valence-corrected chi connectivity index (χ4v) is 2.36. The smallest absolute Gasteiger partial charge is 0.104 e. The van der Waals surface area contributed by atoms with Gasteiger partial charge in [-0.05, 0) is 37.0 Å². The maximum atomic E-state index is 6.23. The predicted octanol–water partition coefficient (Wildman–Crippen LogP) is 3.81. The summed E-state index contributed by atoms with van der Waals surface area (Å²) >= 11 is 0. The van der Waals surface area contributed by atoms with Gasteiger partial charge in [0.05, 0.1) is 0 Å². The SMILES string of the molecule is CC1=NC(C)(c2ccc(C(C)(C)C)cc2N)C=C1. The van der Waals surface area contributed by atoms with Crippen molar-refractivity contribution in [1.82, 2.24) is 0 Å². The molecule has 0 saturated heterocycles. The lowest BCUT2D eigenvalue weighted by atomic mass is 9.83. The summed E-state index contributed by atoms with van der Waals surface area (Å²) in [5.41, 5.74) is 10.3. The van der Waals surface area contributed by atoms with E-state index in [0.29, 0.717) is 0 Å². The summed E-state index contributed by atoms with van der Waals surface area (Å²) in [6, 6.07) is 6.36. The predicted molar refractivity (Wildman–Crippen MR) is 79.2 cm³/mol. The molecular weight excluding hydrogens is 220 g/mol. The van der Waals surface area contributed by atoms with Crippen molar-refractivity contribution in [3.8, 4) is 0 Å². The van der Waals surface area contributed by atoms with Gasteiger partial charge in [0.2, 0.25) is 0 Å². The van der Waals surface area contributed by atoms with Crippen LogP contribution in [0.5, 0.6) is 0 Å². The summed E-state index contributed by atoms with van der Waals surface area (Å²) in [6.45, 7) is 10.7. The molecule has 96 valence electrons. The Labute approximate surface area is 110 Å². The zero-order chi connectivity index (χ0) is 13.6. The number of nitrogens with two attached hydrogens (primary N) is 1. The molecule has 0 aliphatic carbocycles. The van der Waals surface area contributed by atoms with Crippen molar-refractivity contribution in [2.75, 3.05) is 5.73 Å².